The maximum atomic E-state index is 10.7. The van der Waals surface area contributed by atoms with Crippen LogP contribution < -0.4 is 0 Å². The van der Waals surface area contributed by atoms with Gasteiger partial charge in [0.2, 0.25) is 0 Å². The van der Waals surface area contributed by atoms with E-state index in [0.717, 1.165) is 16.9 Å². The number of allylic oxidation sites excluding steroid dienone is 2. The zero-order valence-electron chi connectivity index (χ0n) is 7.11. The van der Waals surface area contributed by atoms with Gasteiger partial charge in [-0.05, 0) is 25.3 Å². The van der Waals surface area contributed by atoms with Crippen LogP contribution in [0.4, 0.5) is 0 Å². The van der Waals surface area contributed by atoms with E-state index in [1.165, 1.54) is 0 Å². The number of hydrogen-bond acceptors (Lipinski definition) is 4. The Hall–Kier alpha value is -1.10. The Kier molecular flexibility index (Phi) is 3.25. The number of carbonyl (C=O) groups is 1. The molecule has 0 atom stereocenters. The summed E-state index contributed by atoms with van der Waals surface area (Å²) in [5, 5.41) is 8.77. The lowest BCUT2D eigenvalue weighted by molar-refractivity contribution is -0.132. The summed E-state index contributed by atoms with van der Waals surface area (Å²) in [6, 6.07) is 0. The molecule has 0 radical (unpaired) electrons. The fraction of sp³-hybridized carbons (Fsp3) is 0.375. The van der Waals surface area contributed by atoms with Gasteiger partial charge in [0.05, 0.1) is 17.5 Å². The van der Waals surface area contributed by atoms with Crippen LogP contribution in [-0.2, 0) is 4.79 Å². The summed E-state index contributed by atoms with van der Waals surface area (Å²) in [5.41, 5.74) is 0.945. The predicted octanol–water partition coefficient (Wildman–Crippen LogP) is 2.48. The van der Waals surface area contributed by atoms with E-state index in [1.807, 2.05) is 0 Å². The van der Waals surface area contributed by atoms with Crippen LogP contribution in [0.2, 0.25) is 0 Å². The molecule has 1 N–H and O–H groups in total. The molecule has 0 unspecified atom stereocenters. The number of hydrogen-bond donors (Lipinski definition) is 1. The van der Waals surface area contributed by atoms with Gasteiger partial charge in [-0.2, -0.15) is 0 Å². The minimum atomic E-state index is -0.943. The maximum Gasteiger partial charge on any atom is 0.335 e. The van der Waals surface area contributed by atoms with Crippen LogP contribution in [0.3, 0.4) is 0 Å². The van der Waals surface area contributed by atoms with E-state index >= 15 is 0 Å². The topological polar surface area (TPSA) is 66.7 Å². The van der Waals surface area contributed by atoms with Gasteiger partial charge in [0.1, 0.15) is 0 Å². The molecule has 0 saturated heterocycles. The van der Waals surface area contributed by atoms with Crippen LogP contribution in [-0.4, -0.2) is 11.1 Å². The molecule has 0 spiro atoms. The van der Waals surface area contributed by atoms with Crippen LogP contribution in [0.5, 0.6) is 0 Å². The van der Waals surface area contributed by atoms with Crippen molar-refractivity contribution in [2.45, 2.75) is 19.8 Å². The quantitative estimate of drug-likeness (QED) is 0.560. The van der Waals surface area contributed by atoms with Gasteiger partial charge < -0.3 is 5.11 Å². The first-order chi connectivity index (χ1) is 6.16. The summed E-state index contributed by atoms with van der Waals surface area (Å²) in [5.74, 6) is -0.943. The summed E-state index contributed by atoms with van der Waals surface area (Å²) in [6.07, 6.45) is 3.04. The molecule has 0 fully saturated rings. The SMILES string of the molecule is CC1=C(SN=O)CCC=C1C(=O)O. The Labute approximate surface area is 79.8 Å². The van der Waals surface area contributed by atoms with E-state index < -0.39 is 5.97 Å². The van der Waals surface area contributed by atoms with Crippen LogP contribution in [0.15, 0.2) is 26.7 Å². The van der Waals surface area contributed by atoms with Crippen LogP contribution in [0, 0.1) is 4.91 Å². The summed E-state index contributed by atoms with van der Waals surface area (Å²) in [4.78, 5) is 21.5. The highest BCUT2D eigenvalue weighted by Gasteiger charge is 2.18. The van der Waals surface area contributed by atoms with Crippen molar-refractivity contribution in [1.29, 1.82) is 0 Å². The molecule has 5 heteroatoms. The summed E-state index contributed by atoms with van der Waals surface area (Å²) < 4.78 is 2.69. The molecule has 0 amide bonds. The van der Waals surface area contributed by atoms with Crippen molar-refractivity contribution in [3.63, 3.8) is 0 Å². The first-order valence-electron chi connectivity index (χ1n) is 3.80. The molecule has 0 aromatic heterocycles. The average molecular weight is 199 g/mol. The van der Waals surface area contributed by atoms with Crippen molar-refractivity contribution in [1.82, 2.24) is 0 Å². The summed E-state index contributed by atoms with van der Waals surface area (Å²) in [6.45, 7) is 1.70. The molecule has 0 aromatic carbocycles. The van der Waals surface area contributed by atoms with Crippen molar-refractivity contribution < 1.29 is 9.90 Å². The molecule has 1 aliphatic carbocycles. The predicted molar refractivity (Wildman–Crippen MR) is 51.0 cm³/mol. The van der Waals surface area contributed by atoms with Gasteiger partial charge in [-0.25, -0.2) is 4.79 Å². The van der Waals surface area contributed by atoms with Gasteiger partial charge >= 0.3 is 5.97 Å². The molecule has 0 aliphatic heterocycles. The highest BCUT2D eigenvalue weighted by Crippen LogP contribution is 2.33. The van der Waals surface area contributed by atoms with Gasteiger partial charge in [0.25, 0.3) is 0 Å². The Morgan fingerprint density at radius 2 is 2.38 bits per heavy atom. The molecule has 0 aromatic rings. The third kappa shape index (κ3) is 2.18. The first kappa shape index (κ1) is 9.98. The largest absolute Gasteiger partial charge is 0.478 e. The van der Waals surface area contributed by atoms with Crippen LogP contribution in [0.25, 0.3) is 0 Å². The van der Waals surface area contributed by atoms with E-state index in [-0.39, 0.29) is 5.57 Å². The fourth-order valence-electron chi connectivity index (χ4n) is 1.25. The number of nitroso groups, excluding NO2 is 1. The van der Waals surface area contributed by atoms with Gasteiger partial charge in [-0.1, -0.05) is 6.08 Å². The molecule has 4 nitrogen and oxygen atoms in total. The van der Waals surface area contributed by atoms with Crippen molar-refractivity contribution in [3.05, 3.63) is 27.0 Å². The van der Waals surface area contributed by atoms with E-state index in [9.17, 15) is 9.70 Å². The molecular weight excluding hydrogens is 190 g/mol. The fourth-order valence-corrected chi connectivity index (χ4v) is 1.79. The van der Waals surface area contributed by atoms with Gasteiger partial charge in [-0.15, -0.1) is 4.91 Å². The van der Waals surface area contributed by atoms with E-state index in [4.69, 9.17) is 5.11 Å². The monoisotopic (exact) mass is 199 g/mol. The van der Waals surface area contributed by atoms with Gasteiger partial charge in [0.15, 0.2) is 0 Å². The summed E-state index contributed by atoms with van der Waals surface area (Å²) >= 11 is 0.826. The molecule has 0 saturated carbocycles. The van der Waals surface area contributed by atoms with Crippen molar-refractivity contribution >= 4 is 17.9 Å². The number of carboxylic acid groups (broad SMARTS) is 1. The lowest BCUT2D eigenvalue weighted by atomic mass is 9.99. The number of nitrogens with zero attached hydrogens (tertiary/aromatic N) is 1. The summed E-state index contributed by atoms with van der Waals surface area (Å²) in [7, 11) is 0. The van der Waals surface area contributed by atoms with E-state index in [2.05, 4.69) is 4.58 Å². The first-order valence-corrected chi connectivity index (χ1v) is 4.57. The van der Waals surface area contributed by atoms with E-state index in [1.54, 1.807) is 13.0 Å². The highest BCUT2D eigenvalue weighted by molar-refractivity contribution is 8.01. The second-order valence-electron chi connectivity index (χ2n) is 2.68. The zero-order valence-corrected chi connectivity index (χ0v) is 7.93. The van der Waals surface area contributed by atoms with Gasteiger partial charge in [-0.3, -0.25) is 0 Å². The molecule has 1 aliphatic rings. The maximum absolute atomic E-state index is 10.7. The Morgan fingerprint density at radius 3 is 2.92 bits per heavy atom. The third-order valence-corrected chi connectivity index (χ3v) is 2.73. The number of rotatable bonds is 3. The molecule has 13 heavy (non-hydrogen) atoms. The molecule has 0 heterocycles. The number of carboxylic acids is 1. The third-order valence-electron chi connectivity index (χ3n) is 1.92. The Morgan fingerprint density at radius 1 is 1.69 bits per heavy atom. The van der Waals surface area contributed by atoms with Crippen LogP contribution >= 0.6 is 11.9 Å². The van der Waals surface area contributed by atoms with E-state index in [0.29, 0.717) is 18.4 Å². The average Bonchev–Trinajstić information content (AvgIpc) is 2.08. The second kappa shape index (κ2) is 4.23. The normalized spacial score (nSPS) is 16.8. The minimum absolute atomic E-state index is 0.289. The molecule has 1 rings (SSSR count). The molecule has 70 valence electrons. The van der Waals surface area contributed by atoms with Crippen LogP contribution in [0.1, 0.15) is 19.8 Å². The van der Waals surface area contributed by atoms with Crippen molar-refractivity contribution in [2.75, 3.05) is 0 Å². The Bertz CT molecular complexity index is 307. The zero-order chi connectivity index (χ0) is 9.84. The molecular formula is C8H9NO3S. The lowest BCUT2D eigenvalue weighted by Crippen LogP contribution is -2.06. The standard InChI is InChI=1S/C8H9NO3S/c1-5-6(8(10)11)3-2-4-7(5)13-9-12/h3H,2,4H2,1H3,(H,10,11). The number of aliphatic carboxylic acids is 1. The van der Waals surface area contributed by atoms with Gasteiger partial charge in [0, 0.05) is 9.49 Å². The minimum Gasteiger partial charge on any atom is -0.478 e. The second-order valence-corrected chi connectivity index (χ2v) is 3.50. The molecule has 0 bridgehead atoms. The smallest absolute Gasteiger partial charge is 0.335 e. The lowest BCUT2D eigenvalue weighted by Gasteiger charge is -2.13. The Balaban J connectivity index is 2.95. The van der Waals surface area contributed by atoms with Crippen molar-refractivity contribution in [2.24, 2.45) is 4.58 Å². The van der Waals surface area contributed by atoms with Crippen molar-refractivity contribution in [3.8, 4) is 0 Å². The highest BCUT2D eigenvalue weighted by atomic mass is 32.2.